The van der Waals surface area contributed by atoms with Crippen LogP contribution in [0, 0.1) is 11.8 Å². The highest BCUT2D eigenvalue weighted by Crippen LogP contribution is 2.27. The molecular weight excluding hydrogens is 184 g/mol. The van der Waals surface area contributed by atoms with Crippen LogP contribution in [0.25, 0.3) is 0 Å². The summed E-state index contributed by atoms with van der Waals surface area (Å²) in [6, 6.07) is 0. The summed E-state index contributed by atoms with van der Waals surface area (Å²) in [5.41, 5.74) is 5.61. The molecule has 2 fully saturated rings. The summed E-state index contributed by atoms with van der Waals surface area (Å²) < 4.78 is 0. The van der Waals surface area contributed by atoms with Gasteiger partial charge in [0.15, 0.2) is 5.96 Å². The van der Waals surface area contributed by atoms with Gasteiger partial charge >= 0.3 is 0 Å². The average Bonchev–Trinajstić information content (AvgIpc) is 2.69. The second-order valence-corrected chi connectivity index (χ2v) is 3.55. The number of guanidine groups is 1. The minimum absolute atomic E-state index is 0.189. The molecule has 2 heterocycles. The van der Waals surface area contributed by atoms with Crippen molar-refractivity contribution in [3.63, 3.8) is 0 Å². The molecule has 2 saturated heterocycles. The average molecular weight is 196 g/mol. The SMILES string of the molecule is CN=C(N)N1CC2C(=O)NC(=O)C2C1. The third kappa shape index (κ3) is 1.14. The summed E-state index contributed by atoms with van der Waals surface area (Å²) >= 11 is 0. The summed E-state index contributed by atoms with van der Waals surface area (Å²) in [5.74, 6) is -0.483. The van der Waals surface area contributed by atoms with Crippen molar-refractivity contribution >= 4 is 17.8 Å². The maximum absolute atomic E-state index is 11.3. The Morgan fingerprint density at radius 2 is 1.93 bits per heavy atom. The van der Waals surface area contributed by atoms with Crippen LogP contribution < -0.4 is 11.1 Å². The Bertz CT molecular complexity index is 303. The number of hydrogen-bond acceptors (Lipinski definition) is 3. The van der Waals surface area contributed by atoms with Gasteiger partial charge in [-0.2, -0.15) is 0 Å². The van der Waals surface area contributed by atoms with Crippen LogP contribution in [0.5, 0.6) is 0 Å². The quantitative estimate of drug-likeness (QED) is 0.270. The number of imide groups is 1. The van der Waals surface area contributed by atoms with Crippen molar-refractivity contribution in [3.8, 4) is 0 Å². The molecule has 2 rings (SSSR count). The zero-order valence-corrected chi connectivity index (χ0v) is 7.86. The molecule has 0 saturated carbocycles. The molecule has 6 heteroatoms. The molecule has 0 radical (unpaired) electrons. The Labute approximate surface area is 81.2 Å². The third-order valence-electron chi connectivity index (χ3n) is 2.79. The molecule has 0 aliphatic carbocycles. The topological polar surface area (TPSA) is 87.8 Å². The van der Waals surface area contributed by atoms with E-state index in [4.69, 9.17) is 5.73 Å². The minimum atomic E-state index is -0.247. The first kappa shape index (κ1) is 8.98. The molecule has 2 unspecified atom stereocenters. The monoisotopic (exact) mass is 196 g/mol. The maximum Gasteiger partial charge on any atom is 0.232 e. The number of nitrogens with zero attached hydrogens (tertiary/aromatic N) is 2. The summed E-state index contributed by atoms with van der Waals surface area (Å²) in [6.07, 6.45) is 0. The maximum atomic E-state index is 11.3. The summed E-state index contributed by atoms with van der Waals surface area (Å²) in [6.45, 7) is 0.983. The lowest BCUT2D eigenvalue weighted by molar-refractivity contribution is -0.126. The molecule has 0 aromatic carbocycles. The fourth-order valence-electron chi connectivity index (χ4n) is 1.97. The van der Waals surface area contributed by atoms with Gasteiger partial charge in [0.05, 0.1) is 11.8 Å². The number of nitrogens with two attached hydrogens (primary N) is 1. The van der Waals surface area contributed by atoms with E-state index in [2.05, 4.69) is 10.3 Å². The predicted octanol–water partition coefficient (Wildman–Crippen LogP) is -1.86. The van der Waals surface area contributed by atoms with Crippen molar-refractivity contribution in [2.45, 2.75) is 0 Å². The largest absolute Gasteiger partial charge is 0.370 e. The van der Waals surface area contributed by atoms with Crippen LogP contribution in [0.15, 0.2) is 4.99 Å². The molecule has 2 aliphatic rings. The number of rotatable bonds is 0. The highest BCUT2D eigenvalue weighted by Gasteiger charge is 2.48. The molecule has 0 aromatic rings. The van der Waals surface area contributed by atoms with Crippen molar-refractivity contribution in [2.24, 2.45) is 22.6 Å². The van der Waals surface area contributed by atoms with E-state index in [-0.39, 0.29) is 23.7 Å². The Morgan fingerprint density at radius 3 is 2.36 bits per heavy atom. The first-order valence-electron chi connectivity index (χ1n) is 4.45. The fourth-order valence-corrected chi connectivity index (χ4v) is 1.97. The van der Waals surface area contributed by atoms with Gasteiger partial charge < -0.3 is 10.6 Å². The van der Waals surface area contributed by atoms with Crippen LogP contribution in [0.1, 0.15) is 0 Å². The number of carbonyl (C=O) groups is 2. The van der Waals surface area contributed by atoms with Crippen LogP contribution in [0.2, 0.25) is 0 Å². The van der Waals surface area contributed by atoms with E-state index in [1.54, 1.807) is 11.9 Å². The standard InChI is InChI=1S/C8H12N4O2/c1-10-8(9)12-2-4-5(3-12)7(14)11-6(4)13/h4-5H,2-3H2,1H3,(H2,9,10)(H,11,13,14). The van der Waals surface area contributed by atoms with Gasteiger partial charge in [-0.05, 0) is 0 Å². The molecule has 14 heavy (non-hydrogen) atoms. The minimum Gasteiger partial charge on any atom is -0.370 e. The molecule has 0 bridgehead atoms. The second kappa shape index (κ2) is 2.97. The van der Waals surface area contributed by atoms with Crippen LogP contribution in [-0.2, 0) is 9.59 Å². The highest BCUT2D eigenvalue weighted by atomic mass is 16.2. The first-order chi connectivity index (χ1) is 6.63. The van der Waals surface area contributed by atoms with Crippen molar-refractivity contribution in [1.29, 1.82) is 0 Å². The third-order valence-corrected chi connectivity index (χ3v) is 2.79. The summed E-state index contributed by atoms with van der Waals surface area (Å²) in [5, 5.41) is 2.31. The van der Waals surface area contributed by atoms with Crippen LogP contribution in [-0.4, -0.2) is 42.8 Å². The van der Waals surface area contributed by atoms with Crippen molar-refractivity contribution in [2.75, 3.05) is 20.1 Å². The first-order valence-corrected chi connectivity index (χ1v) is 4.45. The van der Waals surface area contributed by atoms with Crippen LogP contribution >= 0.6 is 0 Å². The molecule has 3 N–H and O–H groups in total. The lowest BCUT2D eigenvalue weighted by Gasteiger charge is -2.16. The van der Waals surface area contributed by atoms with E-state index in [0.29, 0.717) is 19.0 Å². The van der Waals surface area contributed by atoms with E-state index < -0.39 is 0 Å². The molecule has 2 atom stereocenters. The van der Waals surface area contributed by atoms with E-state index in [1.165, 1.54) is 0 Å². The van der Waals surface area contributed by atoms with Gasteiger partial charge in [-0.1, -0.05) is 0 Å². The fraction of sp³-hybridized carbons (Fsp3) is 0.625. The van der Waals surface area contributed by atoms with E-state index in [1.807, 2.05) is 0 Å². The number of amides is 2. The zero-order chi connectivity index (χ0) is 10.3. The van der Waals surface area contributed by atoms with E-state index in [9.17, 15) is 9.59 Å². The summed E-state index contributed by atoms with van der Waals surface area (Å²) in [7, 11) is 1.59. The normalized spacial score (nSPS) is 32.1. The molecule has 0 spiro atoms. The van der Waals surface area contributed by atoms with Gasteiger partial charge in [0.1, 0.15) is 0 Å². The Morgan fingerprint density at radius 1 is 1.43 bits per heavy atom. The van der Waals surface area contributed by atoms with Crippen molar-refractivity contribution in [3.05, 3.63) is 0 Å². The molecule has 6 nitrogen and oxygen atoms in total. The van der Waals surface area contributed by atoms with Crippen LogP contribution in [0.3, 0.4) is 0 Å². The van der Waals surface area contributed by atoms with Crippen LogP contribution in [0.4, 0.5) is 0 Å². The smallest absolute Gasteiger partial charge is 0.232 e. The Balaban J connectivity index is 2.15. The van der Waals surface area contributed by atoms with Gasteiger partial charge in [-0.3, -0.25) is 19.9 Å². The van der Waals surface area contributed by atoms with E-state index in [0.717, 1.165) is 0 Å². The lowest BCUT2D eigenvalue weighted by Crippen LogP contribution is -2.39. The molecule has 76 valence electrons. The number of carbonyl (C=O) groups excluding carboxylic acids is 2. The van der Waals surface area contributed by atoms with Crippen molar-refractivity contribution < 1.29 is 9.59 Å². The highest BCUT2D eigenvalue weighted by molar-refractivity contribution is 6.06. The van der Waals surface area contributed by atoms with E-state index >= 15 is 0 Å². The number of nitrogens with one attached hydrogen (secondary N) is 1. The predicted molar refractivity (Wildman–Crippen MR) is 49.2 cm³/mol. The number of hydrogen-bond donors (Lipinski definition) is 2. The Kier molecular flexibility index (Phi) is 1.90. The van der Waals surface area contributed by atoms with Crippen molar-refractivity contribution in [1.82, 2.24) is 10.2 Å². The van der Waals surface area contributed by atoms with Gasteiger partial charge in [-0.25, -0.2) is 0 Å². The zero-order valence-electron chi connectivity index (χ0n) is 7.86. The van der Waals surface area contributed by atoms with Gasteiger partial charge in [0, 0.05) is 20.1 Å². The number of aliphatic imine (C=N–C) groups is 1. The Hall–Kier alpha value is -1.59. The molecule has 0 aromatic heterocycles. The second-order valence-electron chi connectivity index (χ2n) is 3.55. The van der Waals surface area contributed by atoms with Gasteiger partial charge in [-0.15, -0.1) is 0 Å². The molecule has 2 aliphatic heterocycles. The van der Waals surface area contributed by atoms with Gasteiger partial charge in [0.2, 0.25) is 11.8 Å². The molecular formula is C8H12N4O2. The number of fused-ring (bicyclic) bond motifs is 1. The van der Waals surface area contributed by atoms with Gasteiger partial charge in [0.25, 0.3) is 0 Å². The number of likely N-dealkylation sites (tertiary alicyclic amines) is 1. The lowest BCUT2D eigenvalue weighted by atomic mass is 10.00. The molecule has 2 amide bonds. The summed E-state index contributed by atoms with van der Waals surface area (Å²) in [4.78, 5) is 28.2.